The first-order valence-corrected chi connectivity index (χ1v) is 7.54. The van der Waals surface area contributed by atoms with E-state index in [9.17, 15) is 4.79 Å². The Labute approximate surface area is 129 Å². The van der Waals surface area contributed by atoms with Crippen LogP contribution in [-0.4, -0.2) is 15.9 Å². The van der Waals surface area contributed by atoms with Crippen LogP contribution in [0.3, 0.4) is 0 Å². The molecule has 6 heteroatoms. The first-order valence-electron chi connectivity index (χ1n) is 6.72. The van der Waals surface area contributed by atoms with Gasteiger partial charge in [0.25, 0.3) is 5.91 Å². The summed E-state index contributed by atoms with van der Waals surface area (Å²) >= 11 is 1.44. The standard InChI is InChI=1S/C16H11N3O2S/c1-9-4-5-10-14(7-9)22-16(18-10)19-15(20)13-8-11-12(21-13)3-2-6-17-11/h2-8H,1H3,(H,18,19,20). The van der Waals surface area contributed by atoms with E-state index in [0.29, 0.717) is 16.2 Å². The summed E-state index contributed by atoms with van der Waals surface area (Å²) < 4.78 is 6.54. The Bertz CT molecular complexity index is 970. The van der Waals surface area contributed by atoms with Gasteiger partial charge in [0.05, 0.1) is 10.2 Å². The van der Waals surface area contributed by atoms with Gasteiger partial charge < -0.3 is 4.42 Å². The van der Waals surface area contributed by atoms with Gasteiger partial charge in [-0.2, -0.15) is 0 Å². The lowest BCUT2D eigenvalue weighted by Gasteiger charge is -1.96. The molecule has 108 valence electrons. The summed E-state index contributed by atoms with van der Waals surface area (Å²) in [5.41, 5.74) is 3.29. The van der Waals surface area contributed by atoms with Gasteiger partial charge in [0.2, 0.25) is 0 Å². The third-order valence-electron chi connectivity index (χ3n) is 3.28. The molecule has 3 aromatic heterocycles. The molecule has 4 rings (SSSR count). The zero-order valence-corrected chi connectivity index (χ0v) is 12.5. The number of aromatic nitrogens is 2. The maximum atomic E-state index is 12.3. The van der Waals surface area contributed by atoms with Crippen molar-refractivity contribution in [3.63, 3.8) is 0 Å². The number of benzene rings is 1. The van der Waals surface area contributed by atoms with E-state index >= 15 is 0 Å². The summed E-state index contributed by atoms with van der Waals surface area (Å²) in [5.74, 6) is -0.0992. The number of furan rings is 1. The molecular weight excluding hydrogens is 298 g/mol. The molecule has 0 saturated carbocycles. The largest absolute Gasteiger partial charge is 0.449 e. The zero-order chi connectivity index (χ0) is 15.1. The summed E-state index contributed by atoms with van der Waals surface area (Å²) in [6, 6.07) is 11.2. The summed E-state index contributed by atoms with van der Waals surface area (Å²) in [6.45, 7) is 2.03. The van der Waals surface area contributed by atoms with Crippen molar-refractivity contribution in [2.45, 2.75) is 6.92 Å². The Morgan fingerprint density at radius 2 is 2.14 bits per heavy atom. The molecule has 0 atom stereocenters. The van der Waals surface area contributed by atoms with Crippen molar-refractivity contribution in [1.82, 2.24) is 9.97 Å². The lowest BCUT2D eigenvalue weighted by molar-refractivity contribution is 0.0998. The Morgan fingerprint density at radius 3 is 3.00 bits per heavy atom. The van der Waals surface area contributed by atoms with Crippen LogP contribution in [0.4, 0.5) is 5.13 Å². The Hall–Kier alpha value is -2.73. The summed E-state index contributed by atoms with van der Waals surface area (Å²) in [6.07, 6.45) is 1.66. The number of carbonyl (C=O) groups is 1. The van der Waals surface area contributed by atoms with Crippen molar-refractivity contribution in [3.05, 3.63) is 53.9 Å². The molecule has 1 N–H and O–H groups in total. The van der Waals surface area contributed by atoms with Gasteiger partial charge in [-0.05, 0) is 36.8 Å². The SMILES string of the molecule is Cc1ccc2nc(NC(=O)c3cc4ncccc4o3)sc2c1. The summed E-state index contributed by atoms with van der Waals surface area (Å²) in [5, 5.41) is 3.33. The number of anilines is 1. The van der Waals surface area contributed by atoms with Crippen LogP contribution in [0, 0.1) is 6.92 Å². The molecule has 0 unspecified atom stereocenters. The Kier molecular flexibility index (Phi) is 2.90. The van der Waals surface area contributed by atoms with Gasteiger partial charge in [0, 0.05) is 12.3 Å². The second-order valence-electron chi connectivity index (χ2n) is 4.94. The second kappa shape index (κ2) is 4.92. The molecule has 0 bridgehead atoms. The lowest BCUT2D eigenvalue weighted by atomic mass is 10.2. The minimum Gasteiger partial charge on any atom is -0.449 e. The minimum absolute atomic E-state index is 0.226. The van der Waals surface area contributed by atoms with E-state index in [-0.39, 0.29) is 11.7 Å². The van der Waals surface area contributed by atoms with Crippen molar-refractivity contribution in [3.8, 4) is 0 Å². The fraction of sp³-hybridized carbons (Fsp3) is 0.0625. The first kappa shape index (κ1) is 13.0. The number of nitrogens with one attached hydrogen (secondary N) is 1. The smallest absolute Gasteiger partial charge is 0.293 e. The highest BCUT2D eigenvalue weighted by Gasteiger charge is 2.15. The Morgan fingerprint density at radius 1 is 1.23 bits per heavy atom. The van der Waals surface area contributed by atoms with Gasteiger partial charge in [-0.25, -0.2) is 4.98 Å². The summed E-state index contributed by atoms with van der Waals surface area (Å²) in [7, 11) is 0. The number of hydrogen-bond donors (Lipinski definition) is 1. The molecule has 0 aliphatic carbocycles. The molecule has 0 fully saturated rings. The average molecular weight is 309 g/mol. The third-order valence-corrected chi connectivity index (χ3v) is 4.21. The first-order chi connectivity index (χ1) is 10.7. The van der Waals surface area contributed by atoms with Gasteiger partial charge in [-0.1, -0.05) is 17.4 Å². The number of rotatable bonds is 2. The fourth-order valence-electron chi connectivity index (χ4n) is 2.23. The van der Waals surface area contributed by atoms with E-state index < -0.39 is 0 Å². The van der Waals surface area contributed by atoms with E-state index in [0.717, 1.165) is 15.8 Å². The van der Waals surface area contributed by atoms with Gasteiger partial charge in [-0.3, -0.25) is 15.1 Å². The second-order valence-corrected chi connectivity index (χ2v) is 5.97. The average Bonchev–Trinajstić information content (AvgIpc) is 3.09. The number of hydrogen-bond acceptors (Lipinski definition) is 5. The highest BCUT2D eigenvalue weighted by Crippen LogP contribution is 2.27. The molecule has 4 aromatic rings. The van der Waals surface area contributed by atoms with Crippen molar-refractivity contribution in [2.24, 2.45) is 0 Å². The maximum Gasteiger partial charge on any atom is 0.293 e. The molecule has 0 saturated heterocycles. The summed E-state index contributed by atoms with van der Waals surface area (Å²) in [4.78, 5) is 20.8. The maximum absolute atomic E-state index is 12.3. The predicted octanol–water partition coefficient (Wildman–Crippen LogP) is 4.00. The molecule has 0 aliphatic rings. The van der Waals surface area contributed by atoms with Crippen molar-refractivity contribution in [1.29, 1.82) is 0 Å². The van der Waals surface area contributed by atoms with Crippen molar-refractivity contribution < 1.29 is 9.21 Å². The van der Waals surface area contributed by atoms with Crippen LogP contribution in [0.15, 0.2) is 47.0 Å². The number of thiazole rings is 1. The number of carbonyl (C=O) groups excluding carboxylic acids is 1. The molecule has 5 nitrogen and oxygen atoms in total. The normalized spacial score (nSPS) is 11.1. The molecule has 0 radical (unpaired) electrons. The number of nitrogens with zero attached hydrogens (tertiary/aromatic N) is 2. The molecule has 0 aliphatic heterocycles. The van der Waals surface area contributed by atoms with E-state index in [1.807, 2.05) is 25.1 Å². The van der Waals surface area contributed by atoms with Crippen LogP contribution in [0.1, 0.15) is 16.1 Å². The van der Waals surface area contributed by atoms with Crippen LogP contribution in [0.5, 0.6) is 0 Å². The quantitative estimate of drug-likeness (QED) is 0.607. The van der Waals surface area contributed by atoms with Gasteiger partial charge in [0.1, 0.15) is 5.52 Å². The van der Waals surface area contributed by atoms with Gasteiger partial charge >= 0.3 is 0 Å². The van der Waals surface area contributed by atoms with Crippen LogP contribution < -0.4 is 5.32 Å². The number of aryl methyl sites for hydroxylation is 1. The number of pyridine rings is 1. The monoisotopic (exact) mass is 309 g/mol. The lowest BCUT2D eigenvalue weighted by Crippen LogP contribution is -2.10. The van der Waals surface area contributed by atoms with E-state index in [1.54, 1.807) is 24.4 Å². The minimum atomic E-state index is -0.325. The van der Waals surface area contributed by atoms with E-state index in [2.05, 4.69) is 15.3 Å². The molecule has 3 heterocycles. The van der Waals surface area contributed by atoms with Gasteiger partial charge in [-0.15, -0.1) is 0 Å². The van der Waals surface area contributed by atoms with Crippen LogP contribution in [0.25, 0.3) is 21.3 Å². The molecule has 22 heavy (non-hydrogen) atoms. The molecule has 1 amide bonds. The highest BCUT2D eigenvalue weighted by atomic mass is 32.1. The molecular formula is C16H11N3O2S. The van der Waals surface area contributed by atoms with Crippen LogP contribution >= 0.6 is 11.3 Å². The number of fused-ring (bicyclic) bond motifs is 2. The Balaban J connectivity index is 1.64. The van der Waals surface area contributed by atoms with Crippen LogP contribution in [0.2, 0.25) is 0 Å². The fourth-order valence-corrected chi connectivity index (χ4v) is 3.18. The van der Waals surface area contributed by atoms with Crippen LogP contribution in [-0.2, 0) is 0 Å². The van der Waals surface area contributed by atoms with Gasteiger partial charge in [0.15, 0.2) is 16.5 Å². The third kappa shape index (κ3) is 2.23. The topological polar surface area (TPSA) is 68.0 Å². The van der Waals surface area contributed by atoms with E-state index in [1.165, 1.54) is 11.3 Å². The van der Waals surface area contributed by atoms with Crippen molar-refractivity contribution >= 4 is 43.7 Å². The van der Waals surface area contributed by atoms with Crippen molar-refractivity contribution in [2.75, 3.05) is 5.32 Å². The number of amides is 1. The highest BCUT2D eigenvalue weighted by molar-refractivity contribution is 7.22. The predicted molar refractivity (Wildman–Crippen MR) is 86.3 cm³/mol. The van der Waals surface area contributed by atoms with E-state index in [4.69, 9.17) is 4.42 Å². The zero-order valence-electron chi connectivity index (χ0n) is 11.7. The molecule has 1 aromatic carbocycles. The molecule has 0 spiro atoms.